The third-order valence-electron chi connectivity index (χ3n) is 4.07. The van der Waals surface area contributed by atoms with Crippen molar-refractivity contribution in [2.45, 2.75) is 31.0 Å². The zero-order chi connectivity index (χ0) is 16.9. The second-order valence-electron chi connectivity index (χ2n) is 5.70. The molecular formula is C16H20F3NO3. The van der Waals surface area contributed by atoms with Gasteiger partial charge in [-0.05, 0) is 12.0 Å². The van der Waals surface area contributed by atoms with E-state index in [1.165, 1.54) is 4.90 Å². The number of nitrogens with zero attached hydrogens (tertiary/aromatic N) is 1. The third kappa shape index (κ3) is 4.68. The van der Waals surface area contributed by atoms with Crippen molar-refractivity contribution in [2.24, 2.45) is 0 Å². The van der Waals surface area contributed by atoms with Gasteiger partial charge in [-0.25, -0.2) is 0 Å². The van der Waals surface area contributed by atoms with Gasteiger partial charge in [-0.3, -0.25) is 4.79 Å². The summed E-state index contributed by atoms with van der Waals surface area (Å²) in [7, 11) is 0. The zero-order valence-corrected chi connectivity index (χ0v) is 12.7. The lowest BCUT2D eigenvalue weighted by Crippen LogP contribution is -2.54. The van der Waals surface area contributed by atoms with Crippen LogP contribution in [0.1, 0.15) is 18.4 Å². The second-order valence-corrected chi connectivity index (χ2v) is 5.70. The molecule has 0 radical (unpaired) electrons. The summed E-state index contributed by atoms with van der Waals surface area (Å²) in [5.41, 5.74) is -1.59. The van der Waals surface area contributed by atoms with Gasteiger partial charge in [-0.15, -0.1) is 0 Å². The van der Waals surface area contributed by atoms with E-state index in [-0.39, 0.29) is 25.6 Å². The predicted molar refractivity (Wildman–Crippen MR) is 77.8 cm³/mol. The number of aliphatic hydroxyl groups is 1. The fourth-order valence-corrected chi connectivity index (χ4v) is 2.49. The Hall–Kier alpha value is -1.60. The molecule has 0 bridgehead atoms. The molecule has 1 aliphatic heterocycles. The minimum atomic E-state index is -4.66. The lowest BCUT2D eigenvalue weighted by atomic mass is 9.91. The van der Waals surface area contributed by atoms with Gasteiger partial charge in [0.05, 0.1) is 6.61 Å². The normalized spacial score (nSPS) is 18.0. The fraction of sp³-hybridized carbons (Fsp3) is 0.562. The van der Waals surface area contributed by atoms with Gasteiger partial charge in [0, 0.05) is 25.9 Å². The van der Waals surface area contributed by atoms with Gasteiger partial charge in [0.1, 0.15) is 6.61 Å². The number of rotatable bonds is 5. The molecule has 0 saturated carbocycles. The van der Waals surface area contributed by atoms with E-state index < -0.39 is 24.6 Å². The maximum Gasteiger partial charge on any atom is 0.417 e. The fourth-order valence-electron chi connectivity index (χ4n) is 2.49. The van der Waals surface area contributed by atoms with Crippen molar-refractivity contribution < 1.29 is 27.8 Å². The van der Waals surface area contributed by atoms with E-state index in [0.29, 0.717) is 13.0 Å². The summed E-state index contributed by atoms with van der Waals surface area (Å²) in [5.74, 6) is -0.345. The smallest absolute Gasteiger partial charge is 0.380 e. The summed E-state index contributed by atoms with van der Waals surface area (Å²) in [5, 5.41) is 9.55. The number of amides is 1. The summed E-state index contributed by atoms with van der Waals surface area (Å²) in [6, 6.07) is 9.64. The van der Waals surface area contributed by atoms with Crippen LogP contribution in [0, 0.1) is 0 Å². The van der Waals surface area contributed by atoms with Gasteiger partial charge >= 0.3 is 6.18 Å². The highest BCUT2D eigenvalue weighted by Gasteiger charge is 2.54. The summed E-state index contributed by atoms with van der Waals surface area (Å²) in [6.07, 6.45) is -4.98. The van der Waals surface area contributed by atoms with Crippen LogP contribution in [0.4, 0.5) is 13.2 Å². The molecule has 1 N–H and O–H groups in total. The van der Waals surface area contributed by atoms with E-state index in [1.807, 2.05) is 30.3 Å². The van der Waals surface area contributed by atoms with E-state index in [9.17, 15) is 23.1 Å². The van der Waals surface area contributed by atoms with Gasteiger partial charge in [0.15, 0.2) is 5.60 Å². The first-order valence-corrected chi connectivity index (χ1v) is 7.50. The average Bonchev–Trinajstić information content (AvgIpc) is 2.52. The lowest BCUT2D eigenvalue weighted by Gasteiger charge is -2.39. The molecule has 1 aromatic rings. The van der Waals surface area contributed by atoms with Crippen LogP contribution in [0.15, 0.2) is 30.3 Å². The minimum absolute atomic E-state index is 0.114. The van der Waals surface area contributed by atoms with Crippen molar-refractivity contribution >= 4 is 5.91 Å². The number of alkyl halides is 3. The van der Waals surface area contributed by atoms with E-state index in [4.69, 9.17) is 4.74 Å². The van der Waals surface area contributed by atoms with Crippen LogP contribution in [0.5, 0.6) is 0 Å². The van der Waals surface area contributed by atoms with Gasteiger partial charge in [0.25, 0.3) is 0 Å². The second kappa shape index (κ2) is 7.31. The maximum atomic E-state index is 12.7. The first-order chi connectivity index (χ1) is 10.8. The third-order valence-corrected chi connectivity index (χ3v) is 4.07. The largest absolute Gasteiger partial charge is 0.417 e. The number of benzene rings is 1. The Morgan fingerprint density at radius 3 is 2.39 bits per heavy atom. The van der Waals surface area contributed by atoms with Crippen molar-refractivity contribution in [3.8, 4) is 0 Å². The Morgan fingerprint density at radius 2 is 1.83 bits per heavy atom. The van der Waals surface area contributed by atoms with Gasteiger partial charge in [-0.1, -0.05) is 30.3 Å². The van der Waals surface area contributed by atoms with Crippen LogP contribution in [0.2, 0.25) is 0 Å². The Bertz CT molecular complexity index is 511. The number of hydrogen-bond acceptors (Lipinski definition) is 3. The molecule has 1 saturated heterocycles. The number of ether oxygens (including phenoxy) is 1. The van der Waals surface area contributed by atoms with Crippen LogP contribution in [-0.4, -0.2) is 54.0 Å². The van der Waals surface area contributed by atoms with Crippen LogP contribution in [-0.2, 0) is 16.0 Å². The van der Waals surface area contributed by atoms with Crippen molar-refractivity contribution in [3.05, 3.63) is 35.9 Å². The average molecular weight is 331 g/mol. The SMILES string of the molecule is O=C(COCCc1ccccc1)N1CCC(O)(C(F)(F)F)CC1. The number of hydrogen-bond donors (Lipinski definition) is 1. The van der Waals surface area contributed by atoms with Crippen molar-refractivity contribution in [1.82, 2.24) is 4.90 Å². The van der Waals surface area contributed by atoms with Gasteiger partial charge in [-0.2, -0.15) is 13.2 Å². The van der Waals surface area contributed by atoms with Crippen LogP contribution in [0.3, 0.4) is 0 Å². The monoisotopic (exact) mass is 331 g/mol. The standard InChI is InChI=1S/C16H20F3NO3/c17-16(18,19)15(22)7-9-20(10-8-15)14(21)12-23-11-6-13-4-2-1-3-5-13/h1-5,22H,6-12H2. The molecule has 0 atom stereocenters. The molecule has 1 aliphatic rings. The maximum absolute atomic E-state index is 12.7. The van der Waals surface area contributed by atoms with E-state index in [0.717, 1.165) is 5.56 Å². The highest BCUT2D eigenvalue weighted by molar-refractivity contribution is 5.77. The van der Waals surface area contributed by atoms with E-state index in [1.54, 1.807) is 0 Å². The summed E-state index contributed by atoms with van der Waals surface area (Å²) in [4.78, 5) is 13.2. The molecule has 2 rings (SSSR count). The quantitative estimate of drug-likeness (QED) is 0.841. The molecule has 1 aromatic carbocycles. The van der Waals surface area contributed by atoms with Gasteiger partial charge < -0.3 is 14.7 Å². The highest BCUT2D eigenvalue weighted by atomic mass is 19.4. The summed E-state index contributed by atoms with van der Waals surface area (Å²) < 4.78 is 43.4. The number of halogens is 3. The Morgan fingerprint density at radius 1 is 1.22 bits per heavy atom. The van der Waals surface area contributed by atoms with Crippen LogP contribution >= 0.6 is 0 Å². The highest BCUT2D eigenvalue weighted by Crippen LogP contribution is 2.38. The molecule has 1 fully saturated rings. The zero-order valence-electron chi connectivity index (χ0n) is 12.7. The first-order valence-electron chi connectivity index (χ1n) is 7.50. The molecule has 7 heteroatoms. The molecule has 1 amide bonds. The van der Waals surface area contributed by atoms with Crippen LogP contribution < -0.4 is 0 Å². The molecule has 0 spiro atoms. The molecule has 128 valence electrons. The van der Waals surface area contributed by atoms with Crippen LogP contribution in [0.25, 0.3) is 0 Å². The molecule has 4 nitrogen and oxygen atoms in total. The summed E-state index contributed by atoms with van der Waals surface area (Å²) in [6.45, 7) is -0.0128. The molecule has 0 unspecified atom stereocenters. The number of piperidine rings is 1. The number of carbonyl (C=O) groups is 1. The number of likely N-dealkylation sites (tertiary alicyclic amines) is 1. The minimum Gasteiger partial charge on any atom is -0.380 e. The molecule has 0 aliphatic carbocycles. The van der Waals surface area contributed by atoms with E-state index >= 15 is 0 Å². The molecule has 0 aromatic heterocycles. The molecule has 23 heavy (non-hydrogen) atoms. The Labute approximate surface area is 132 Å². The Kier molecular flexibility index (Phi) is 5.64. The number of carbonyl (C=O) groups excluding carboxylic acids is 1. The molecule has 1 heterocycles. The Balaban J connectivity index is 1.69. The van der Waals surface area contributed by atoms with E-state index in [2.05, 4.69) is 0 Å². The van der Waals surface area contributed by atoms with Crippen molar-refractivity contribution in [2.75, 3.05) is 26.3 Å². The predicted octanol–water partition coefficient (Wildman–Crippen LogP) is 2.16. The van der Waals surface area contributed by atoms with Gasteiger partial charge in [0.2, 0.25) is 5.91 Å². The topological polar surface area (TPSA) is 49.8 Å². The first kappa shape index (κ1) is 17.7. The lowest BCUT2D eigenvalue weighted by molar-refractivity contribution is -0.272. The van der Waals surface area contributed by atoms with Crippen molar-refractivity contribution in [3.63, 3.8) is 0 Å². The summed E-state index contributed by atoms with van der Waals surface area (Å²) >= 11 is 0. The molecular weight excluding hydrogens is 311 g/mol. The van der Waals surface area contributed by atoms with Crippen molar-refractivity contribution in [1.29, 1.82) is 0 Å².